The Morgan fingerprint density at radius 1 is 0.828 bits per heavy atom. The molecule has 1 N–H and O–H groups in total. The van der Waals surface area contributed by atoms with Gasteiger partial charge in [-0.3, -0.25) is 4.98 Å². The summed E-state index contributed by atoms with van der Waals surface area (Å²) in [7, 11) is 0. The molecule has 0 saturated carbocycles. The molecule has 0 aliphatic heterocycles. The molecule has 0 bridgehead atoms. The molecule has 1 aromatic heterocycles. The van der Waals surface area contributed by atoms with Crippen LogP contribution in [-0.2, 0) is 5.75 Å². The highest BCUT2D eigenvalue weighted by Crippen LogP contribution is 2.24. The third-order valence-electron chi connectivity index (χ3n) is 4.55. The van der Waals surface area contributed by atoms with E-state index in [4.69, 9.17) is 10.1 Å². The Hall–Kier alpha value is -3.37. The number of nitrogens with zero attached hydrogens (tertiary/aromatic N) is 1. The zero-order valence-electron chi connectivity index (χ0n) is 15.7. The average molecular weight is 397 g/mol. The summed E-state index contributed by atoms with van der Waals surface area (Å²) < 4.78 is 0. The number of hydrogen-bond acceptors (Lipinski definition) is 3. The zero-order chi connectivity index (χ0) is 20.1. The Balaban J connectivity index is 1.37. The molecule has 29 heavy (non-hydrogen) atoms. The lowest BCUT2D eigenvalue weighted by atomic mass is 10.1. The molecular formula is C25H19NO2S. The van der Waals surface area contributed by atoms with E-state index in [0.717, 1.165) is 33.5 Å². The van der Waals surface area contributed by atoms with Gasteiger partial charge in [0.25, 0.3) is 0 Å². The molecule has 0 saturated heterocycles. The number of carbonyl (C=O) groups is 1. The van der Waals surface area contributed by atoms with Crippen molar-refractivity contribution in [1.29, 1.82) is 0 Å². The van der Waals surface area contributed by atoms with Crippen LogP contribution in [0, 0.1) is 0 Å². The minimum absolute atomic E-state index is 0.296. The van der Waals surface area contributed by atoms with Crippen LogP contribution < -0.4 is 0 Å². The molecule has 4 heteroatoms. The number of carboxylic acids is 1. The van der Waals surface area contributed by atoms with Gasteiger partial charge in [0.2, 0.25) is 0 Å². The molecule has 0 aliphatic rings. The molecule has 142 valence electrons. The highest BCUT2D eigenvalue weighted by Gasteiger charge is 2.01. The molecule has 0 radical (unpaired) electrons. The van der Waals surface area contributed by atoms with Crippen molar-refractivity contribution in [2.45, 2.75) is 10.6 Å². The molecule has 0 amide bonds. The molecule has 3 nitrogen and oxygen atoms in total. The Kier molecular flexibility index (Phi) is 5.73. The van der Waals surface area contributed by atoms with E-state index in [2.05, 4.69) is 42.5 Å². The molecule has 0 atom stereocenters. The number of thioether (sulfide) groups is 1. The van der Waals surface area contributed by atoms with Gasteiger partial charge in [-0.15, -0.1) is 11.8 Å². The molecule has 4 aromatic rings. The van der Waals surface area contributed by atoms with Crippen molar-refractivity contribution in [1.82, 2.24) is 4.98 Å². The van der Waals surface area contributed by atoms with Crippen molar-refractivity contribution in [3.05, 3.63) is 107 Å². The molecule has 1 heterocycles. The fourth-order valence-corrected chi connectivity index (χ4v) is 3.75. The van der Waals surface area contributed by atoms with Crippen LogP contribution in [0.5, 0.6) is 0 Å². The fraction of sp³-hybridized carbons (Fsp3) is 0.0400. The van der Waals surface area contributed by atoms with Gasteiger partial charge in [-0.05, 0) is 47.5 Å². The van der Waals surface area contributed by atoms with Crippen LogP contribution in [0.1, 0.15) is 27.2 Å². The molecule has 4 rings (SSSR count). The predicted octanol–water partition coefficient (Wildman–Crippen LogP) is 6.40. The highest BCUT2D eigenvalue weighted by molar-refractivity contribution is 7.98. The second-order valence-electron chi connectivity index (χ2n) is 6.61. The van der Waals surface area contributed by atoms with Crippen LogP contribution in [0.4, 0.5) is 0 Å². The largest absolute Gasteiger partial charge is 0.478 e. The summed E-state index contributed by atoms with van der Waals surface area (Å²) in [5.74, 6) is -0.0804. The van der Waals surface area contributed by atoms with Gasteiger partial charge < -0.3 is 5.11 Å². The van der Waals surface area contributed by atoms with Crippen LogP contribution in [0.25, 0.3) is 23.1 Å². The van der Waals surface area contributed by atoms with E-state index in [1.54, 1.807) is 36.0 Å². The van der Waals surface area contributed by atoms with E-state index in [0.29, 0.717) is 5.56 Å². The first kappa shape index (κ1) is 19.0. The van der Waals surface area contributed by atoms with Crippen LogP contribution in [0.2, 0.25) is 0 Å². The second kappa shape index (κ2) is 8.76. The number of aromatic carboxylic acids is 1. The number of para-hydroxylation sites is 1. The first-order chi connectivity index (χ1) is 14.2. The maximum atomic E-state index is 10.9. The Morgan fingerprint density at radius 3 is 2.17 bits per heavy atom. The van der Waals surface area contributed by atoms with E-state index in [1.165, 1.54) is 4.90 Å². The molecule has 3 aromatic carbocycles. The summed E-state index contributed by atoms with van der Waals surface area (Å²) in [5, 5.41) is 10.1. The number of benzene rings is 3. The lowest BCUT2D eigenvalue weighted by Gasteiger charge is -2.04. The van der Waals surface area contributed by atoms with Crippen molar-refractivity contribution in [3.8, 4) is 0 Å². The van der Waals surface area contributed by atoms with Gasteiger partial charge >= 0.3 is 5.97 Å². The monoisotopic (exact) mass is 397 g/mol. The predicted molar refractivity (Wildman–Crippen MR) is 120 cm³/mol. The zero-order valence-corrected chi connectivity index (χ0v) is 16.5. The highest BCUT2D eigenvalue weighted by atomic mass is 32.2. The van der Waals surface area contributed by atoms with Crippen LogP contribution in [0.3, 0.4) is 0 Å². The van der Waals surface area contributed by atoms with E-state index < -0.39 is 5.97 Å². The summed E-state index contributed by atoms with van der Waals surface area (Å²) in [6.07, 6.45) is 4.00. The van der Waals surface area contributed by atoms with E-state index in [9.17, 15) is 4.79 Å². The van der Waals surface area contributed by atoms with Crippen LogP contribution in [0.15, 0.2) is 89.8 Å². The number of fused-ring (bicyclic) bond motifs is 1. The summed E-state index contributed by atoms with van der Waals surface area (Å²) in [6, 6.07) is 27.6. The quantitative estimate of drug-likeness (QED) is 0.302. The Bertz CT molecular complexity index is 1170. The van der Waals surface area contributed by atoms with Crippen molar-refractivity contribution in [3.63, 3.8) is 0 Å². The summed E-state index contributed by atoms with van der Waals surface area (Å²) in [5.41, 5.74) is 4.46. The number of pyridine rings is 1. The van der Waals surface area contributed by atoms with E-state index >= 15 is 0 Å². The lowest BCUT2D eigenvalue weighted by Crippen LogP contribution is -1.94. The third-order valence-corrected chi connectivity index (χ3v) is 5.59. The maximum Gasteiger partial charge on any atom is 0.335 e. The van der Waals surface area contributed by atoms with Gasteiger partial charge in [0.15, 0.2) is 0 Å². The average Bonchev–Trinajstić information content (AvgIpc) is 2.77. The number of carboxylic acid groups (broad SMARTS) is 1. The fourth-order valence-electron chi connectivity index (χ4n) is 2.95. The van der Waals surface area contributed by atoms with Crippen LogP contribution in [-0.4, -0.2) is 16.1 Å². The van der Waals surface area contributed by atoms with E-state index in [-0.39, 0.29) is 0 Å². The van der Waals surface area contributed by atoms with Gasteiger partial charge in [-0.1, -0.05) is 60.7 Å². The van der Waals surface area contributed by atoms with Gasteiger partial charge in [0.1, 0.15) is 0 Å². The molecule has 0 fully saturated rings. The minimum atomic E-state index is -0.910. The number of rotatable bonds is 6. The van der Waals surface area contributed by atoms with Gasteiger partial charge in [0.05, 0.1) is 16.8 Å². The van der Waals surface area contributed by atoms with Crippen LogP contribution >= 0.6 is 11.8 Å². The molecule has 0 aliphatic carbocycles. The molecular weight excluding hydrogens is 378 g/mol. The smallest absolute Gasteiger partial charge is 0.335 e. The van der Waals surface area contributed by atoms with Crippen molar-refractivity contribution in [2.24, 2.45) is 0 Å². The SMILES string of the molecule is O=C(O)c1ccc(/C=C/c2ccc(SCc3ccc4ccccc4n3)cc2)cc1. The Morgan fingerprint density at radius 2 is 1.48 bits per heavy atom. The molecule has 0 unspecified atom stereocenters. The van der Waals surface area contributed by atoms with Gasteiger partial charge in [-0.25, -0.2) is 4.79 Å². The minimum Gasteiger partial charge on any atom is -0.478 e. The molecule has 0 spiro atoms. The first-order valence-electron chi connectivity index (χ1n) is 9.26. The first-order valence-corrected chi connectivity index (χ1v) is 10.2. The second-order valence-corrected chi connectivity index (χ2v) is 7.66. The third kappa shape index (κ3) is 4.92. The summed E-state index contributed by atoms with van der Waals surface area (Å²) >= 11 is 1.77. The van der Waals surface area contributed by atoms with Gasteiger partial charge in [-0.2, -0.15) is 0 Å². The van der Waals surface area contributed by atoms with Crippen molar-refractivity contribution < 1.29 is 9.90 Å². The standard InChI is InChI=1S/C25H19NO2S/c27-25(28)21-11-7-18(8-12-21)5-6-19-9-15-23(16-10-19)29-17-22-14-13-20-3-1-2-4-24(20)26-22/h1-16H,17H2,(H,27,28)/b6-5+. The number of aromatic nitrogens is 1. The summed E-state index contributed by atoms with van der Waals surface area (Å²) in [4.78, 5) is 16.8. The lowest BCUT2D eigenvalue weighted by molar-refractivity contribution is 0.0697. The van der Waals surface area contributed by atoms with Gasteiger partial charge in [0, 0.05) is 16.0 Å². The topological polar surface area (TPSA) is 50.2 Å². The Labute approximate surface area is 173 Å². The van der Waals surface area contributed by atoms with Crippen molar-refractivity contribution in [2.75, 3.05) is 0 Å². The maximum absolute atomic E-state index is 10.9. The van der Waals surface area contributed by atoms with E-state index in [1.807, 2.05) is 30.4 Å². The van der Waals surface area contributed by atoms with Crippen molar-refractivity contribution >= 4 is 40.8 Å². The normalized spacial score (nSPS) is 11.2. The summed E-state index contributed by atoms with van der Waals surface area (Å²) in [6.45, 7) is 0. The number of hydrogen-bond donors (Lipinski definition) is 1.